The molecule has 1 aliphatic carbocycles. The predicted molar refractivity (Wildman–Crippen MR) is 167 cm³/mol. The molecular formula is C36H41FN2O3. The topological polar surface area (TPSA) is 53.0 Å². The quantitative estimate of drug-likeness (QED) is 0.328. The number of likely N-dealkylation sites (tertiary alicyclic amines) is 1. The van der Waals surface area contributed by atoms with Crippen molar-refractivity contribution in [1.29, 1.82) is 0 Å². The van der Waals surface area contributed by atoms with Crippen LogP contribution in [0.4, 0.5) is 10.1 Å². The average molecular weight is 569 g/mol. The van der Waals surface area contributed by atoms with Gasteiger partial charge in [0, 0.05) is 43.3 Å². The lowest BCUT2D eigenvalue weighted by atomic mass is 9.86. The smallest absolute Gasteiger partial charge is 0.224 e. The van der Waals surface area contributed by atoms with E-state index in [0.717, 1.165) is 91.0 Å². The third kappa shape index (κ3) is 5.45. The monoisotopic (exact) mass is 568 g/mol. The standard InChI is InChI=1S/C36H41FN2O3/c1-24(40)39-32-16-13-27(21-28(32)22-36(39,2)3)31-9-4-7-25-8-5-10-33(41)35(25)34(31)26-11-14-29(15-12-26)42-30-17-20-38(23-30)19-6-18-37/h5,8,10-16,21,30,41H,4,6-7,9,17-20,22-23H2,1-3H3/t30-/m0/s1. The number of benzene rings is 3. The summed E-state index contributed by atoms with van der Waals surface area (Å²) in [5.74, 6) is 1.19. The van der Waals surface area contributed by atoms with Crippen LogP contribution in [0.5, 0.6) is 11.5 Å². The van der Waals surface area contributed by atoms with Crippen LogP contribution in [0.1, 0.15) is 74.3 Å². The van der Waals surface area contributed by atoms with E-state index in [1.165, 1.54) is 11.1 Å². The minimum atomic E-state index is -0.277. The number of alkyl halides is 1. The summed E-state index contributed by atoms with van der Waals surface area (Å²) in [5, 5.41) is 11.2. The van der Waals surface area contributed by atoms with Gasteiger partial charge >= 0.3 is 0 Å². The van der Waals surface area contributed by atoms with E-state index in [2.05, 4.69) is 55.1 Å². The van der Waals surface area contributed by atoms with Crippen molar-refractivity contribution in [3.8, 4) is 11.5 Å². The molecule has 0 unspecified atom stereocenters. The van der Waals surface area contributed by atoms with Gasteiger partial charge in [-0.25, -0.2) is 0 Å². The van der Waals surface area contributed by atoms with Crippen LogP contribution < -0.4 is 9.64 Å². The fourth-order valence-corrected chi connectivity index (χ4v) is 7.29. The molecule has 3 aromatic rings. The van der Waals surface area contributed by atoms with Crippen molar-refractivity contribution in [2.45, 2.75) is 70.9 Å². The first-order chi connectivity index (χ1) is 20.2. The van der Waals surface area contributed by atoms with Gasteiger partial charge < -0.3 is 14.7 Å². The number of amides is 1. The van der Waals surface area contributed by atoms with Gasteiger partial charge in [-0.05, 0) is 116 Å². The Morgan fingerprint density at radius 1 is 1.05 bits per heavy atom. The second-order valence-electron chi connectivity index (χ2n) is 12.6. The summed E-state index contributed by atoms with van der Waals surface area (Å²) >= 11 is 0. The number of halogens is 1. The third-order valence-corrected chi connectivity index (χ3v) is 9.05. The average Bonchev–Trinajstić information content (AvgIpc) is 3.44. The van der Waals surface area contributed by atoms with E-state index in [1.54, 1.807) is 13.0 Å². The summed E-state index contributed by atoms with van der Waals surface area (Å²) in [6, 6.07) is 20.6. The number of carbonyl (C=O) groups is 1. The minimum Gasteiger partial charge on any atom is -0.507 e. The van der Waals surface area contributed by atoms with Crippen LogP contribution in [0.2, 0.25) is 0 Å². The van der Waals surface area contributed by atoms with E-state index in [9.17, 15) is 14.3 Å². The van der Waals surface area contributed by atoms with Gasteiger partial charge in [0.05, 0.1) is 6.67 Å². The number of ether oxygens (including phenoxy) is 1. The second kappa shape index (κ2) is 11.6. The molecule has 2 heterocycles. The summed E-state index contributed by atoms with van der Waals surface area (Å²) in [7, 11) is 0. The fourth-order valence-electron chi connectivity index (χ4n) is 7.29. The molecule has 0 aromatic heterocycles. The van der Waals surface area contributed by atoms with Gasteiger partial charge in [-0.1, -0.05) is 30.3 Å². The third-order valence-electron chi connectivity index (χ3n) is 9.05. The molecule has 1 fully saturated rings. The number of anilines is 1. The SMILES string of the molecule is CC(=O)N1c2ccc(C3=C(c4ccc(O[C@H]5CCN(CCCF)C5)cc4)c4c(O)cccc4CCC3)cc2CC1(C)C. The van der Waals surface area contributed by atoms with E-state index in [0.29, 0.717) is 12.2 Å². The maximum Gasteiger partial charge on any atom is 0.224 e. The number of phenolic OH excluding ortho intramolecular Hbond substituents is 1. The summed E-state index contributed by atoms with van der Waals surface area (Å²) in [6.07, 6.45) is 5.20. The van der Waals surface area contributed by atoms with E-state index in [1.807, 2.05) is 23.1 Å². The first-order valence-corrected chi connectivity index (χ1v) is 15.3. The molecule has 6 rings (SSSR count). The molecule has 3 aromatic carbocycles. The molecule has 42 heavy (non-hydrogen) atoms. The van der Waals surface area contributed by atoms with Gasteiger partial charge in [-0.15, -0.1) is 0 Å². The molecular weight excluding hydrogens is 527 g/mol. The highest BCUT2D eigenvalue weighted by Crippen LogP contribution is 2.46. The zero-order valence-electron chi connectivity index (χ0n) is 25.0. The van der Waals surface area contributed by atoms with Gasteiger partial charge in [0.2, 0.25) is 5.91 Å². The van der Waals surface area contributed by atoms with Gasteiger partial charge in [-0.3, -0.25) is 14.1 Å². The number of rotatable bonds is 7. The van der Waals surface area contributed by atoms with Gasteiger partial charge in [0.25, 0.3) is 0 Å². The Balaban J connectivity index is 1.37. The Hall–Kier alpha value is -3.64. The number of nitrogens with zero attached hydrogens (tertiary/aromatic N) is 2. The number of allylic oxidation sites excluding steroid dienone is 1. The maximum atomic E-state index is 12.6. The normalized spacial score (nSPS) is 19.9. The molecule has 1 amide bonds. The Morgan fingerprint density at radius 2 is 1.83 bits per heavy atom. The number of carbonyl (C=O) groups excluding carboxylic acids is 1. The van der Waals surface area contributed by atoms with Crippen LogP contribution in [-0.2, 0) is 17.6 Å². The number of hydrogen-bond donors (Lipinski definition) is 1. The van der Waals surface area contributed by atoms with E-state index < -0.39 is 0 Å². The van der Waals surface area contributed by atoms with Gasteiger partial charge in [-0.2, -0.15) is 0 Å². The lowest BCUT2D eigenvalue weighted by molar-refractivity contribution is -0.117. The first-order valence-electron chi connectivity index (χ1n) is 15.3. The summed E-state index contributed by atoms with van der Waals surface area (Å²) in [4.78, 5) is 16.7. The molecule has 0 bridgehead atoms. The van der Waals surface area contributed by atoms with Crippen molar-refractivity contribution in [2.75, 3.05) is 31.2 Å². The molecule has 6 heteroatoms. The van der Waals surface area contributed by atoms with Crippen molar-refractivity contribution in [3.63, 3.8) is 0 Å². The minimum absolute atomic E-state index is 0.0621. The van der Waals surface area contributed by atoms with Crippen LogP contribution >= 0.6 is 0 Å². The molecule has 5 nitrogen and oxygen atoms in total. The second-order valence-corrected chi connectivity index (χ2v) is 12.6. The van der Waals surface area contributed by atoms with Crippen LogP contribution in [-0.4, -0.2) is 53.9 Å². The first kappa shape index (κ1) is 28.5. The van der Waals surface area contributed by atoms with Crippen molar-refractivity contribution >= 4 is 22.7 Å². The van der Waals surface area contributed by atoms with Crippen molar-refractivity contribution in [2.24, 2.45) is 0 Å². The Kier molecular flexibility index (Phi) is 7.84. The maximum absolute atomic E-state index is 12.6. The molecule has 220 valence electrons. The molecule has 0 saturated carbocycles. The molecule has 1 N–H and O–H groups in total. The van der Waals surface area contributed by atoms with Crippen LogP contribution in [0.15, 0.2) is 60.7 Å². The highest BCUT2D eigenvalue weighted by atomic mass is 19.1. The van der Waals surface area contributed by atoms with E-state index in [4.69, 9.17) is 4.74 Å². The lowest BCUT2D eigenvalue weighted by Gasteiger charge is -2.31. The Morgan fingerprint density at radius 3 is 2.60 bits per heavy atom. The summed E-state index contributed by atoms with van der Waals surface area (Å²) in [6.45, 7) is 8.15. The van der Waals surface area contributed by atoms with Crippen LogP contribution in [0.25, 0.3) is 11.1 Å². The largest absolute Gasteiger partial charge is 0.507 e. The van der Waals surface area contributed by atoms with Crippen LogP contribution in [0, 0.1) is 0 Å². The van der Waals surface area contributed by atoms with Gasteiger partial charge in [0.15, 0.2) is 0 Å². The molecule has 0 spiro atoms. The zero-order chi connectivity index (χ0) is 29.4. The number of aryl methyl sites for hydroxylation is 1. The van der Waals surface area contributed by atoms with Crippen LogP contribution in [0.3, 0.4) is 0 Å². The zero-order valence-corrected chi connectivity index (χ0v) is 25.0. The predicted octanol–water partition coefficient (Wildman–Crippen LogP) is 7.19. The fraction of sp³-hybridized carbons (Fsp3) is 0.417. The molecule has 1 atom stereocenters. The van der Waals surface area contributed by atoms with Crippen molar-refractivity contribution in [1.82, 2.24) is 4.90 Å². The number of aromatic hydroxyl groups is 1. The summed E-state index contributed by atoms with van der Waals surface area (Å²) < 4.78 is 18.9. The molecule has 2 aliphatic heterocycles. The highest BCUT2D eigenvalue weighted by Gasteiger charge is 2.38. The van der Waals surface area contributed by atoms with E-state index >= 15 is 0 Å². The number of phenols is 1. The van der Waals surface area contributed by atoms with Gasteiger partial charge in [0.1, 0.15) is 17.6 Å². The highest BCUT2D eigenvalue weighted by molar-refractivity contribution is 6.02. The molecule has 3 aliphatic rings. The summed E-state index contributed by atoms with van der Waals surface area (Å²) in [5.41, 5.74) is 8.43. The van der Waals surface area contributed by atoms with E-state index in [-0.39, 0.29) is 24.2 Å². The molecule has 0 radical (unpaired) electrons. The molecule has 1 saturated heterocycles. The van der Waals surface area contributed by atoms with Crippen molar-refractivity contribution < 1.29 is 19.0 Å². The van der Waals surface area contributed by atoms with Crippen molar-refractivity contribution in [3.05, 3.63) is 88.5 Å². The lowest BCUT2D eigenvalue weighted by Crippen LogP contribution is -2.44. The number of hydrogen-bond acceptors (Lipinski definition) is 4. The Labute approximate surface area is 248 Å². The number of fused-ring (bicyclic) bond motifs is 2. The Bertz CT molecular complexity index is 1510.